The van der Waals surface area contributed by atoms with Gasteiger partial charge < -0.3 is 15.3 Å². The summed E-state index contributed by atoms with van der Waals surface area (Å²) in [6.45, 7) is 2.89. The van der Waals surface area contributed by atoms with Gasteiger partial charge in [0.05, 0.1) is 10.9 Å². The maximum atomic E-state index is 12.3. The topological polar surface area (TPSA) is 86.7 Å². The highest BCUT2D eigenvalue weighted by molar-refractivity contribution is 8.01. The second-order valence-corrected chi connectivity index (χ2v) is 7.44. The molecule has 8 heteroatoms. The quantitative estimate of drug-likeness (QED) is 0.865. The molecule has 0 radical (unpaired) electrons. The van der Waals surface area contributed by atoms with Crippen molar-refractivity contribution in [1.82, 2.24) is 4.90 Å². The maximum absolute atomic E-state index is 12.3. The van der Waals surface area contributed by atoms with E-state index >= 15 is 0 Å². The van der Waals surface area contributed by atoms with Crippen molar-refractivity contribution in [2.24, 2.45) is 0 Å². The van der Waals surface area contributed by atoms with Gasteiger partial charge in [-0.2, -0.15) is 0 Å². The normalized spacial score (nSPS) is 17.2. The first-order valence-corrected chi connectivity index (χ1v) is 8.16. The van der Waals surface area contributed by atoms with Crippen LogP contribution in [0.5, 0.6) is 0 Å². The molecule has 1 heterocycles. The summed E-state index contributed by atoms with van der Waals surface area (Å²) in [5.74, 6) is -1.80. The fourth-order valence-corrected chi connectivity index (χ4v) is 3.26. The molecule has 1 aliphatic heterocycles. The number of thioether (sulfide) groups is 1. The minimum Gasteiger partial charge on any atom is -0.480 e. The number of carboxylic acids is 1. The van der Waals surface area contributed by atoms with Gasteiger partial charge in [0.25, 0.3) is 0 Å². The summed E-state index contributed by atoms with van der Waals surface area (Å²) in [4.78, 5) is 37.7. The average molecular weight is 357 g/mol. The largest absolute Gasteiger partial charge is 0.480 e. The fourth-order valence-electron chi connectivity index (χ4n) is 2.01. The number of hydrogen-bond donors (Lipinski definition) is 2. The number of likely N-dealkylation sites (N-methyl/N-ethyl adjacent to an activating group) is 1. The molecular formula is C15H17ClN2O4S. The predicted molar refractivity (Wildman–Crippen MR) is 88.8 cm³/mol. The number of rotatable bonds is 4. The summed E-state index contributed by atoms with van der Waals surface area (Å²) >= 11 is 7.16. The van der Waals surface area contributed by atoms with Crippen molar-refractivity contribution in [3.05, 3.63) is 23.2 Å². The van der Waals surface area contributed by atoms with Crippen molar-refractivity contribution in [2.75, 3.05) is 12.4 Å². The summed E-state index contributed by atoms with van der Waals surface area (Å²) < 4.78 is 0. The standard InChI is InChI=1S/C15H17ClN2O4S/c1-15(2,14(21)22)18(3)12(19)7-11-13(20)17-9-6-8(16)4-5-10(9)23-11/h4-6,11H,7H2,1-3H3,(H,17,20)(H,21,22). The fraction of sp³-hybridized carbons (Fsp3) is 0.400. The van der Waals surface area contributed by atoms with E-state index in [1.807, 2.05) is 0 Å². The van der Waals surface area contributed by atoms with E-state index in [1.165, 1.54) is 32.7 Å². The Morgan fingerprint density at radius 2 is 2.09 bits per heavy atom. The summed E-state index contributed by atoms with van der Waals surface area (Å²) in [7, 11) is 1.43. The van der Waals surface area contributed by atoms with E-state index in [1.54, 1.807) is 18.2 Å². The molecule has 0 saturated heterocycles. The van der Waals surface area contributed by atoms with Crippen LogP contribution < -0.4 is 5.32 Å². The highest BCUT2D eigenvalue weighted by atomic mass is 35.5. The van der Waals surface area contributed by atoms with Crippen LogP contribution in [-0.4, -0.2) is 45.6 Å². The zero-order valence-electron chi connectivity index (χ0n) is 12.9. The zero-order valence-corrected chi connectivity index (χ0v) is 14.5. The molecule has 6 nitrogen and oxygen atoms in total. The molecule has 1 aromatic carbocycles. The number of anilines is 1. The van der Waals surface area contributed by atoms with E-state index < -0.39 is 22.7 Å². The number of benzene rings is 1. The minimum absolute atomic E-state index is 0.0776. The Hall–Kier alpha value is -1.73. The molecule has 1 atom stereocenters. The number of nitrogens with one attached hydrogen (secondary N) is 1. The summed E-state index contributed by atoms with van der Waals surface area (Å²) in [5, 5.41) is 11.8. The first-order valence-electron chi connectivity index (χ1n) is 6.90. The van der Waals surface area contributed by atoms with E-state index in [0.29, 0.717) is 10.7 Å². The van der Waals surface area contributed by atoms with Crippen LogP contribution in [0.1, 0.15) is 20.3 Å². The number of halogens is 1. The van der Waals surface area contributed by atoms with Gasteiger partial charge in [0.2, 0.25) is 11.8 Å². The second kappa shape index (κ2) is 6.41. The molecule has 0 aromatic heterocycles. The van der Waals surface area contributed by atoms with Gasteiger partial charge in [-0.25, -0.2) is 4.79 Å². The predicted octanol–water partition coefficient (Wildman–Crippen LogP) is 2.46. The highest BCUT2D eigenvalue weighted by Gasteiger charge is 2.37. The van der Waals surface area contributed by atoms with Crippen LogP contribution in [0.3, 0.4) is 0 Å². The number of nitrogens with zero attached hydrogens (tertiary/aromatic N) is 1. The van der Waals surface area contributed by atoms with Gasteiger partial charge >= 0.3 is 5.97 Å². The maximum Gasteiger partial charge on any atom is 0.329 e. The molecule has 23 heavy (non-hydrogen) atoms. The number of carbonyl (C=O) groups excluding carboxylic acids is 2. The van der Waals surface area contributed by atoms with Crippen molar-refractivity contribution in [1.29, 1.82) is 0 Å². The van der Waals surface area contributed by atoms with Crippen molar-refractivity contribution in [3.63, 3.8) is 0 Å². The van der Waals surface area contributed by atoms with Gasteiger partial charge in [0, 0.05) is 23.4 Å². The van der Waals surface area contributed by atoms with Gasteiger partial charge in [-0.1, -0.05) is 11.6 Å². The van der Waals surface area contributed by atoms with Crippen LogP contribution in [0.25, 0.3) is 0 Å². The summed E-state index contributed by atoms with van der Waals surface area (Å²) in [5.41, 5.74) is -0.714. The number of carbonyl (C=O) groups is 3. The lowest BCUT2D eigenvalue weighted by atomic mass is 10.0. The molecular weight excluding hydrogens is 340 g/mol. The van der Waals surface area contributed by atoms with E-state index in [9.17, 15) is 19.5 Å². The monoisotopic (exact) mass is 356 g/mol. The van der Waals surface area contributed by atoms with E-state index in [0.717, 1.165) is 9.80 Å². The number of fused-ring (bicyclic) bond motifs is 1. The third-order valence-electron chi connectivity index (χ3n) is 3.86. The molecule has 0 bridgehead atoms. The minimum atomic E-state index is -1.33. The Bertz CT molecular complexity index is 677. The van der Waals surface area contributed by atoms with Crippen LogP contribution in [0.15, 0.2) is 23.1 Å². The van der Waals surface area contributed by atoms with Crippen molar-refractivity contribution < 1.29 is 19.5 Å². The molecule has 2 rings (SSSR count). The summed E-state index contributed by atoms with van der Waals surface area (Å²) in [6.07, 6.45) is -0.0776. The van der Waals surface area contributed by atoms with E-state index in [4.69, 9.17) is 11.6 Å². The lowest BCUT2D eigenvalue weighted by Gasteiger charge is -2.33. The number of amides is 2. The van der Waals surface area contributed by atoms with Gasteiger partial charge in [-0.15, -0.1) is 11.8 Å². The first-order chi connectivity index (χ1) is 10.6. The Kier molecular flexibility index (Phi) is 4.91. The molecule has 0 saturated carbocycles. The van der Waals surface area contributed by atoms with Crippen molar-refractivity contribution in [2.45, 2.75) is 36.0 Å². The van der Waals surface area contributed by atoms with Gasteiger partial charge in [0.1, 0.15) is 5.54 Å². The van der Waals surface area contributed by atoms with Crippen molar-refractivity contribution >= 4 is 46.8 Å². The van der Waals surface area contributed by atoms with Crippen molar-refractivity contribution in [3.8, 4) is 0 Å². The SMILES string of the molecule is CN(C(=O)CC1Sc2ccc(Cl)cc2NC1=O)C(C)(C)C(=O)O. The van der Waals surface area contributed by atoms with Gasteiger partial charge in [-0.05, 0) is 32.0 Å². The Morgan fingerprint density at radius 3 is 2.70 bits per heavy atom. The van der Waals surface area contributed by atoms with Crippen LogP contribution in [0, 0.1) is 0 Å². The molecule has 0 fully saturated rings. The van der Waals surface area contributed by atoms with E-state index in [2.05, 4.69) is 5.32 Å². The Balaban J connectivity index is 2.12. The lowest BCUT2D eigenvalue weighted by Crippen LogP contribution is -2.51. The smallest absolute Gasteiger partial charge is 0.329 e. The van der Waals surface area contributed by atoms with E-state index in [-0.39, 0.29) is 12.3 Å². The number of carboxylic acid groups (broad SMARTS) is 1. The van der Waals surface area contributed by atoms with Crippen LogP contribution in [-0.2, 0) is 14.4 Å². The molecule has 1 aliphatic rings. The molecule has 0 aliphatic carbocycles. The van der Waals surface area contributed by atoms with Gasteiger partial charge in [-0.3, -0.25) is 9.59 Å². The molecule has 1 unspecified atom stereocenters. The Labute approximate surface area is 143 Å². The van der Waals surface area contributed by atoms with Gasteiger partial charge in [0.15, 0.2) is 0 Å². The molecule has 1 aromatic rings. The molecule has 124 valence electrons. The molecule has 2 amide bonds. The first kappa shape index (κ1) is 17.6. The Morgan fingerprint density at radius 1 is 1.43 bits per heavy atom. The number of hydrogen-bond acceptors (Lipinski definition) is 4. The number of aliphatic carboxylic acids is 1. The zero-order chi connectivity index (χ0) is 17.4. The highest BCUT2D eigenvalue weighted by Crippen LogP contribution is 2.38. The second-order valence-electron chi connectivity index (χ2n) is 5.76. The van der Waals surface area contributed by atoms with Crippen LogP contribution in [0.2, 0.25) is 5.02 Å². The lowest BCUT2D eigenvalue weighted by molar-refractivity contribution is -0.155. The van der Waals surface area contributed by atoms with Crippen LogP contribution in [0.4, 0.5) is 5.69 Å². The summed E-state index contributed by atoms with van der Waals surface area (Å²) in [6, 6.07) is 5.15. The van der Waals surface area contributed by atoms with Crippen LogP contribution >= 0.6 is 23.4 Å². The average Bonchev–Trinajstić information content (AvgIpc) is 2.47. The molecule has 0 spiro atoms. The molecule has 2 N–H and O–H groups in total. The third-order valence-corrected chi connectivity index (χ3v) is 5.37. The third kappa shape index (κ3) is 3.61.